The summed E-state index contributed by atoms with van der Waals surface area (Å²) in [6.07, 6.45) is -0.0999. The standard InChI is InChI=1S/C18H15F4N3O2.C17H12F4N4O/c19-13-3-1-2-12(6-13)17(4-5-17)7-15-23-8-11(9-24-15)14(26)10-25-16(27)18(20,21)22;18-12-3-1-2-11(6-12)16(4-5-16)7-13-22-8-10(9-23-13)14-24-25-15(26-14)17(19,20)21/h1-3,6,8-9H,4-5,7,10H2,(H,25,27);1-3,6,8-9H,4-5,7H2. The van der Waals surface area contributed by atoms with Gasteiger partial charge in [0.2, 0.25) is 0 Å². The fraction of sp³-hybridized carbons (Fsp3) is 0.314. The van der Waals surface area contributed by atoms with E-state index in [9.17, 15) is 44.7 Å². The average Bonchev–Trinajstić information content (AvgIpc) is 4.03. The molecule has 0 aliphatic heterocycles. The lowest BCUT2D eigenvalue weighted by molar-refractivity contribution is -0.173. The molecule has 276 valence electrons. The average molecular weight is 746 g/mol. The molecule has 5 aromatic rings. The fourth-order valence-corrected chi connectivity index (χ4v) is 5.64. The molecule has 1 N–H and O–H groups in total. The molecule has 2 aliphatic carbocycles. The van der Waals surface area contributed by atoms with E-state index >= 15 is 0 Å². The molecule has 53 heavy (non-hydrogen) atoms. The Morgan fingerprint density at radius 1 is 0.717 bits per heavy atom. The first-order valence-electron chi connectivity index (χ1n) is 16.0. The van der Waals surface area contributed by atoms with Crippen molar-refractivity contribution in [2.45, 2.75) is 61.7 Å². The maximum Gasteiger partial charge on any atom is 0.471 e. The van der Waals surface area contributed by atoms with Gasteiger partial charge in [0.25, 0.3) is 5.89 Å². The summed E-state index contributed by atoms with van der Waals surface area (Å²) in [5, 5.41) is 7.85. The Morgan fingerprint density at radius 2 is 1.21 bits per heavy atom. The molecule has 3 heterocycles. The Hall–Kier alpha value is -5.68. The molecule has 3 aromatic heterocycles. The van der Waals surface area contributed by atoms with Gasteiger partial charge in [0.1, 0.15) is 23.3 Å². The monoisotopic (exact) mass is 745 g/mol. The first-order valence-corrected chi connectivity index (χ1v) is 16.0. The van der Waals surface area contributed by atoms with Crippen molar-refractivity contribution in [3.63, 3.8) is 0 Å². The fourth-order valence-electron chi connectivity index (χ4n) is 5.64. The van der Waals surface area contributed by atoms with Gasteiger partial charge in [-0.2, -0.15) is 26.3 Å². The van der Waals surface area contributed by atoms with Crippen LogP contribution in [0.2, 0.25) is 0 Å². The van der Waals surface area contributed by atoms with E-state index in [1.807, 2.05) is 12.1 Å². The number of hydrogen-bond donors (Lipinski definition) is 1. The van der Waals surface area contributed by atoms with Crippen molar-refractivity contribution in [2.75, 3.05) is 6.54 Å². The van der Waals surface area contributed by atoms with Crippen LogP contribution >= 0.6 is 0 Å². The van der Waals surface area contributed by atoms with Crippen LogP contribution < -0.4 is 5.32 Å². The maximum absolute atomic E-state index is 13.5. The van der Waals surface area contributed by atoms with Gasteiger partial charge in [-0.05, 0) is 61.1 Å². The summed E-state index contributed by atoms with van der Waals surface area (Å²) in [6.45, 7) is -0.797. The van der Waals surface area contributed by atoms with E-state index in [2.05, 4.69) is 34.6 Å². The Bertz CT molecular complexity index is 2090. The Morgan fingerprint density at radius 3 is 1.62 bits per heavy atom. The first kappa shape index (κ1) is 37.1. The highest BCUT2D eigenvalue weighted by Crippen LogP contribution is 2.51. The second-order valence-electron chi connectivity index (χ2n) is 12.7. The molecule has 0 atom stereocenters. The van der Waals surface area contributed by atoms with Crippen molar-refractivity contribution in [3.05, 3.63) is 119 Å². The minimum Gasteiger partial charge on any atom is -0.413 e. The predicted molar refractivity (Wildman–Crippen MR) is 168 cm³/mol. The number of carbonyl (C=O) groups excluding carboxylic acids is 2. The lowest BCUT2D eigenvalue weighted by Gasteiger charge is -2.15. The third-order valence-electron chi connectivity index (χ3n) is 8.89. The van der Waals surface area contributed by atoms with Crippen LogP contribution in [0, 0.1) is 11.6 Å². The topological polar surface area (TPSA) is 137 Å². The number of carbonyl (C=O) groups is 2. The smallest absolute Gasteiger partial charge is 0.413 e. The number of ketones is 1. The molecule has 2 saturated carbocycles. The highest BCUT2D eigenvalue weighted by atomic mass is 19.4. The van der Waals surface area contributed by atoms with Crippen LogP contribution in [0.15, 0.2) is 77.7 Å². The number of nitrogens with one attached hydrogen (secondary N) is 1. The van der Waals surface area contributed by atoms with E-state index < -0.39 is 36.5 Å². The number of aromatic nitrogens is 6. The summed E-state index contributed by atoms with van der Waals surface area (Å²) >= 11 is 0. The second-order valence-corrected chi connectivity index (χ2v) is 12.7. The third-order valence-corrected chi connectivity index (χ3v) is 8.89. The summed E-state index contributed by atoms with van der Waals surface area (Å²) in [4.78, 5) is 39.1. The molecule has 2 aliphatic rings. The summed E-state index contributed by atoms with van der Waals surface area (Å²) in [7, 11) is 0. The lowest BCUT2D eigenvalue weighted by Crippen LogP contribution is -2.39. The molecule has 0 unspecified atom stereocenters. The predicted octanol–water partition coefficient (Wildman–Crippen LogP) is 6.71. The number of Topliss-reactive ketones (excluding diaryl/α,β-unsaturated/α-hetero) is 1. The van der Waals surface area contributed by atoms with Gasteiger partial charge in [0.05, 0.1) is 17.7 Å². The second kappa shape index (κ2) is 14.4. The summed E-state index contributed by atoms with van der Waals surface area (Å²) in [5.74, 6) is -4.26. The van der Waals surface area contributed by atoms with Crippen LogP contribution in [0.25, 0.3) is 11.5 Å². The van der Waals surface area contributed by atoms with Crippen LogP contribution in [0.1, 0.15) is 64.7 Å². The van der Waals surface area contributed by atoms with Crippen molar-refractivity contribution in [2.24, 2.45) is 0 Å². The quantitative estimate of drug-likeness (QED) is 0.122. The van der Waals surface area contributed by atoms with E-state index in [0.29, 0.717) is 24.5 Å². The SMILES string of the molecule is Fc1cccc(C2(Cc3ncc(-c4nnc(C(F)(F)F)o4)cn3)CC2)c1.O=C(CNC(=O)C(F)(F)F)c1cnc(CC2(c3cccc(F)c3)CC2)nc1. The van der Waals surface area contributed by atoms with Gasteiger partial charge >= 0.3 is 24.2 Å². The minimum absolute atomic E-state index is 0.00294. The third kappa shape index (κ3) is 9.04. The first-order chi connectivity index (χ1) is 25.1. The van der Waals surface area contributed by atoms with Crippen molar-refractivity contribution in [1.29, 1.82) is 0 Å². The number of rotatable bonds is 10. The summed E-state index contributed by atoms with van der Waals surface area (Å²) < 4.78 is 105. The number of nitrogens with zero attached hydrogens (tertiary/aromatic N) is 6. The van der Waals surface area contributed by atoms with Crippen LogP contribution in [0.3, 0.4) is 0 Å². The van der Waals surface area contributed by atoms with Crippen molar-refractivity contribution in [3.8, 4) is 11.5 Å². The van der Waals surface area contributed by atoms with Gasteiger partial charge in [-0.15, -0.1) is 10.2 Å². The van der Waals surface area contributed by atoms with E-state index in [1.54, 1.807) is 12.1 Å². The van der Waals surface area contributed by atoms with Gasteiger partial charge in [0, 0.05) is 48.5 Å². The highest BCUT2D eigenvalue weighted by Gasteiger charge is 2.46. The molecule has 0 bridgehead atoms. The zero-order valence-electron chi connectivity index (χ0n) is 27.3. The van der Waals surface area contributed by atoms with Crippen molar-refractivity contribution in [1.82, 2.24) is 35.5 Å². The normalized spacial score (nSPS) is 15.5. The molecule has 0 spiro atoms. The molecule has 0 radical (unpaired) electrons. The van der Waals surface area contributed by atoms with E-state index in [1.165, 1.54) is 54.4 Å². The molecule has 18 heteroatoms. The number of halogens is 8. The Labute approximate surface area is 295 Å². The maximum atomic E-state index is 13.5. The van der Waals surface area contributed by atoms with Crippen molar-refractivity contribution < 1.29 is 49.1 Å². The molecule has 7 rings (SSSR count). The Balaban J connectivity index is 0.000000181. The highest BCUT2D eigenvalue weighted by molar-refractivity contribution is 5.99. The number of hydrogen-bond acceptors (Lipinski definition) is 9. The van der Waals surface area contributed by atoms with E-state index in [0.717, 1.165) is 36.8 Å². The van der Waals surface area contributed by atoms with Gasteiger partial charge in [-0.3, -0.25) is 9.59 Å². The number of benzene rings is 2. The van der Waals surface area contributed by atoms with Crippen LogP contribution in [0.4, 0.5) is 35.1 Å². The summed E-state index contributed by atoms with van der Waals surface area (Å²) in [5.41, 5.74) is 1.55. The molecule has 1 amide bonds. The molecule has 2 fully saturated rings. The molecular formula is C35H27F8N7O3. The summed E-state index contributed by atoms with van der Waals surface area (Å²) in [6, 6.07) is 12.8. The molecule has 2 aromatic carbocycles. The number of alkyl halides is 6. The van der Waals surface area contributed by atoms with E-state index in [-0.39, 0.29) is 39.5 Å². The zero-order valence-corrected chi connectivity index (χ0v) is 27.3. The number of amides is 1. The molecule has 0 saturated heterocycles. The largest absolute Gasteiger partial charge is 0.471 e. The van der Waals surface area contributed by atoms with Crippen LogP contribution in [-0.2, 0) is 34.6 Å². The molecule has 10 nitrogen and oxygen atoms in total. The van der Waals surface area contributed by atoms with Crippen LogP contribution in [0.5, 0.6) is 0 Å². The van der Waals surface area contributed by atoms with Gasteiger partial charge in [0.15, 0.2) is 5.78 Å². The minimum atomic E-state index is -5.05. The Kier molecular flexibility index (Phi) is 10.1. The van der Waals surface area contributed by atoms with Crippen LogP contribution in [-0.4, -0.2) is 54.5 Å². The van der Waals surface area contributed by atoms with Gasteiger partial charge in [-0.25, -0.2) is 28.7 Å². The van der Waals surface area contributed by atoms with Gasteiger partial charge < -0.3 is 9.73 Å². The van der Waals surface area contributed by atoms with Gasteiger partial charge in [-0.1, -0.05) is 24.3 Å². The zero-order chi connectivity index (χ0) is 38.0. The van der Waals surface area contributed by atoms with E-state index in [4.69, 9.17) is 0 Å². The molecular weight excluding hydrogens is 718 g/mol. The lowest BCUT2D eigenvalue weighted by atomic mass is 9.92. The van der Waals surface area contributed by atoms with Crippen molar-refractivity contribution >= 4 is 11.7 Å².